The molecule has 0 aliphatic heterocycles. The van der Waals surface area contributed by atoms with Gasteiger partial charge < -0.3 is 10.5 Å². The molecule has 0 amide bonds. The first kappa shape index (κ1) is 13.0. The standard InChI is InChI=1S/C13H16BrN3O/c1-4-9-10(14)5-8(6-12(9)18-3)11-7-13(15)17(2)16-11/h5-7H,4,15H2,1-3H3. The minimum absolute atomic E-state index is 0.639. The van der Waals surface area contributed by atoms with Crippen molar-refractivity contribution in [2.45, 2.75) is 13.3 Å². The van der Waals surface area contributed by atoms with Crippen LogP contribution in [0.25, 0.3) is 11.3 Å². The van der Waals surface area contributed by atoms with Crippen LogP contribution >= 0.6 is 15.9 Å². The number of nitrogens with two attached hydrogens (primary N) is 1. The van der Waals surface area contributed by atoms with Gasteiger partial charge in [-0.3, -0.25) is 4.68 Å². The molecule has 0 aliphatic rings. The fraction of sp³-hybridized carbons (Fsp3) is 0.308. The highest BCUT2D eigenvalue weighted by Gasteiger charge is 2.12. The summed E-state index contributed by atoms with van der Waals surface area (Å²) >= 11 is 3.58. The minimum atomic E-state index is 0.639. The van der Waals surface area contributed by atoms with Crippen LogP contribution in [0.2, 0.25) is 0 Å². The number of nitrogen functional groups attached to an aromatic ring is 1. The molecule has 0 saturated carbocycles. The summed E-state index contributed by atoms with van der Waals surface area (Å²) in [5, 5.41) is 4.37. The molecule has 18 heavy (non-hydrogen) atoms. The Kier molecular flexibility index (Phi) is 3.61. The second-order valence-corrected chi connectivity index (χ2v) is 4.92. The SMILES string of the molecule is CCc1c(Br)cc(-c2cc(N)n(C)n2)cc1OC. The number of benzene rings is 1. The van der Waals surface area contributed by atoms with Crippen molar-refractivity contribution in [3.05, 3.63) is 28.2 Å². The van der Waals surface area contributed by atoms with Crippen LogP contribution in [0.5, 0.6) is 5.75 Å². The van der Waals surface area contributed by atoms with Gasteiger partial charge in [0.15, 0.2) is 0 Å². The number of methoxy groups -OCH3 is 1. The molecule has 1 heterocycles. The molecule has 2 N–H and O–H groups in total. The van der Waals surface area contributed by atoms with E-state index in [1.165, 1.54) is 0 Å². The molecular weight excluding hydrogens is 294 g/mol. The maximum Gasteiger partial charge on any atom is 0.123 e. The van der Waals surface area contributed by atoms with Crippen molar-refractivity contribution in [2.24, 2.45) is 7.05 Å². The number of hydrogen-bond donors (Lipinski definition) is 1. The number of rotatable bonds is 3. The molecule has 0 radical (unpaired) electrons. The van der Waals surface area contributed by atoms with Gasteiger partial charge >= 0.3 is 0 Å². The van der Waals surface area contributed by atoms with E-state index in [2.05, 4.69) is 28.0 Å². The molecule has 1 aromatic carbocycles. The Morgan fingerprint density at radius 3 is 2.61 bits per heavy atom. The predicted molar refractivity (Wildman–Crippen MR) is 76.7 cm³/mol. The second-order valence-electron chi connectivity index (χ2n) is 4.07. The summed E-state index contributed by atoms with van der Waals surface area (Å²) in [6.45, 7) is 2.10. The summed E-state index contributed by atoms with van der Waals surface area (Å²) in [6, 6.07) is 5.89. The monoisotopic (exact) mass is 309 g/mol. The van der Waals surface area contributed by atoms with E-state index in [0.717, 1.165) is 33.5 Å². The van der Waals surface area contributed by atoms with Crippen molar-refractivity contribution >= 4 is 21.7 Å². The lowest BCUT2D eigenvalue weighted by Crippen LogP contribution is -1.97. The molecule has 0 atom stereocenters. The molecule has 0 spiro atoms. The highest BCUT2D eigenvalue weighted by molar-refractivity contribution is 9.10. The van der Waals surface area contributed by atoms with Crippen LogP contribution in [0.4, 0.5) is 5.82 Å². The lowest BCUT2D eigenvalue weighted by Gasteiger charge is -2.10. The highest BCUT2D eigenvalue weighted by Crippen LogP contribution is 2.33. The van der Waals surface area contributed by atoms with Crippen molar-refractivity contribution in [3.63, 3.8) is 0 Å². The van der Waals surface area contributed by atoms with Crippen molar-refractivity contribution in [1.29, 1.82) is 0 Å². The molecule has 4 nitrogen and oxygen atoms in total. The molecule has 0 saturated heterocycles. The Morgan fingerprint density at radius 2 is 2.11 bits per heavy atom. The Hall–Kier alpha value is -1.49. The highest BCUT2D eigenvalue weighted by atomic mass is 79.9. The van der Waals surface area contributed by atoms with E-state index in [0.29, 0.717) is 5.82 Å². The van der Waals surface area contributed by atoms with Crippen LogP contribution < -0.4 is 10.5 Å². The smallest absolute Gasteiger partial charge is 0.123 e. The van der Waals surface area contributed by atoms with E-state index in [-0.39, 0.29) is 0 Å². The summed E-state index contributed by atoms with van der Waals surface area (Å²) in [4.78, 5) is 0. The number of aromatic nitrogens is 2. The third kappa shape index (κ3) is 2.22. The van der Waals surface area contributed by atoms with Gasteiger partial charge in [-0.15, -0.1) is 0 Å². The predicted octanol–water partition coefficient (Wildman–Crippen LogP) is 3.00. The van der Waals surface area contributed by atoms with Crippen molar-refractivity contribution in [3.8, 4) is 17.0 Å². The molecular formula is C13H16BrN3O. The minimum Gasteiger partial charge on any atom is -0.496 e. The summed E-state index contributed by atoms with van der Waals surface area (Å²) in [5.41, 5.74) is 8.79. The third-order valence-corrected chi connectivity index (χ3v) is 3.65. The van der Waals surface area contributed by atoms with E-state index in [1.54, 1.807) is 11.8 Å². The van der Waals surface area contributed by atoms with E-state index in [9.17, 15) is 0 Å². The average molecular weight is 310 g/mol. The summed E-state index contributed by atoms with van der Waals surface area (Å²) in [6.07, 6.45) is 0.911. The molecule has 2 aromatic rings. The number of nitrogens with zero attached hydrogens (tertiary/aromatic N) is 2. The van der Waals surface area contributed by atoms with E-state index >= 15 is 0 Å². The maximum atomic E-state index is 5.80. The van der Waals surface area contributed by atoms with Gasteiger partial charge in [0, 0.05) is 28.7 Å². The molecule has 0 bridgehead atoms. The third-order valence-electron chi connectivity index (χ3n) is 2.94. The number of hydrogen-bond acceptors (Lipinski definition) is 3. The van der Waals surface area contributed by atoms with E-state index in [1.807, 2.05) is 25.2 Å². The summed E-state index contributed by atoms with van der Waals surface area (Å²) in [7, 11) is 3.50. The summed E-state index contributed by atoms with van der Waals surface area (Å²) in [5.74, 6) is 1.51. The number of halogens is 1. The lowest BCUT2D eigenvalue weighted by molar-refractivity contribution is 0.410. The van der Waals surface area contributed by atoms with Crippen LogP contribution in [0.3, 0.4) is 0 Å². The maximum absolute atomic E-state index is 5.80. The van der Waals surface area contributed by atoms with Gasteiger partial charge in [0.25, 0.3) is 0 Å². The number of aryl methyl sites for hydroxylation is 1. The van der Waals surface area contributed by atoms with Crippen LogP contribution in [0, 0.1) is 0 Å². The van der Waals surface area contributed by atoms with Crippen LogP contribution in [0.15, 0.2) is 22.7 Å². The fourth-order valence-corrected chi connectivity index (χ4v) is 2.63. The molecule has 5 heteroatoms. The zero-order chi connectivity index (χ0) is 13.3. The Balaban J connectivity index is 2.55. The van der Waals surface area contributed by atoms with Crippen molar-refractivity contribution in [2.75, 3.05) is 12.8 Å². The zero-order valence-electron chi connectivity index (χ0n) is 10.7. The normalized spacial score (nSPS) is 10.7. The molecule has 0 aliphatic carbocycles. The van der Waals surface area contributed by atoms with E-state index < -0.39 is 0 Å². The van der Waals surface area contributed by atoms with Crippen LogP contribution in [-0.4, -0.2) is 16.9 Å². The van der Waals surface area contributed by atoms with Crippen molar-refractivity contribution < 1.29 is 4.74 Å². The molecule has 0 fully saturated rings. The van der Waals surface area contributed by atoms with Gasteiger partial charge in [-0.05, 0) is 18.6 Å². The molecule has 1 aromatic heterocycles. The zero-order valence-corrected chi connectivity index (χ0v) is 12.3. The van der Waals surface area contributed by atoms with Gasteiger partial charge in [-0.1, -0.05) is 22.9 Å². The largest absolute Gasteiger partial charge is 0.496 e. The first-order valence-electron chi connectivity index (χ1n) is 5.73. The first-order chi connectivity index (χ1) is 8.56. The Morgan fingerprint density at radius 1 is 1.39 bits per heavy atom. The van der Waals surface area contributed by atoms with Gasteiger partial charge in [-0.25, -0.2) is 0 Å². The van der Waals surface area contributed by atoms with Crippen molar-refractivity contribution in [1.82, 2.24) is 9.78 Å². The topological polar surface area (TPSA) is 53.1 Å². The van der Waals surface area contributed by atoms with Gasteiger partial charge in [0.1, 0.15) is 11.6 Å². The number of ether oxygens (including phenoxy) is 1. The van der Waals surface area contributed by atoms with Gasteiger partial charge in [0.05, 0.1) is 12.8 Å². The lowest BCUT2D eigenvalue weighted by atomic mass is 10.1. The quantitative estimate of drug-likeness (QED) is 0.948. The Labute approximate surface area is 115 Å². The molecule has 2 rings (SSSR count). The fourth-order valence-electron chi connectivity index (χ4n) is 1.91. The Bertz CT molecular complexity index is 558. The van der Waals surface area contributed by atoms with Gasteiger partial charge in [-0.2, -0.15) is 5.10 Å². The average Bonchev–Trinajstić information content (AvgIpc) is 2.68. The second kappa shape index (κ2) is 5.02. The number of anilines is 1. The summed E-state index contributed by atoms with van der Waals surface area (Å²) < 4.78 is 8.11. The molecule has 0 unspecified atom stereocenters. The van der Waals surface area contributed by atoms with E-state index in [4.69, 9.17) is 10.5 Å². The molecule has 96 valence electrons. The van der Waals surface area contributed by atoms with Crippen LogP contribution in [-0.2, 0) is 13.5 Å². The van der Waals surface area contributed by atoms with Crippen LogP contribution in [0.1, 0.15) is 12.5 Å². The van der Waals surface area contributed by atoms with Gasteiger partial charge in [0.2, 0.25) is 0 Å². The first-order valence-corrected chi connectivity index (χ1v) is 6.52.